The predicted molar refractivity (Wildman–Crippen MR) is 99.8 cm³/mol. The lowest BCUT2D eigenvalue weighted by Crippen LogP contribution is -2.22. The Labute approximate surface area is 155 Å². The fourth-order valence-corrected chi connectivity index (χ4v) is 3.53. The minimum atomic E-state index is -0.758. The molecule has 2 nitrogen and oxygen atoms in total. The lowest BCUT2D eigenvalue weighted by molar-refractivity contribution is 0.0336. The number of hydrogen-bond acceptors (Lipinski definition) is 2. The molecule has 1 aromatic rings. The van der Waals surface area contributed by atoms with Gasteiger partial charge in [0.2, 0.25) is 0 Å². The standard InChI is InChI=1S/C22H29F2NO/c1-2-3-4-5-6-13-26-19-11-9-17(10-12-19)7-8-18-14-21(23)20(16-25)22(24)15-18/h5-6,14-15,17,19H,2-4,7-13H2,1H3/b6-5+. The smallest absolute Gasteiger partial charge is 0.144 e. The number of aryl methyl sites for hydroxylation is 1. The van der Waals surface area contributed by atoms with E-state index in [1.54, 1.807) is 6.07 Å². The first-order chi connectivity index (χ1) is 12.6. The number of nitrogens with zero attached hydrogens (tertiary/aromatic N) is 1. The molecule has 0 heterocycles. The molecule has 0 amide bonds. The summed E-state index contributed by atoms with van der Waals surface area (Å²) in [5, 5.41) is 8.72. The molecule has 0 N–H and O–H groups in total. The predicted octanol–water partition coefficient (Wildman–Crippen LogP) is 6.09. The Balaban J connectivity index is 1.68. The second-order valence-corrected chi connectivity index (χ2v) is 7.17. The zero-order valence-electron chi connectivity index (χ0n) is 15.6. The van der Waals surface area contributed by atoms with Crippen LogP contribution < -0.4 is 0 Å². The molecule has 26 heavy (non-hydrogen) atoms. The molecule has 1 aromatic carbocycles. The number of rotatable bonds is 9. The Bertz CT molecular complexity index is 605. The Kier molecular flexibility index (Phi) is 8.77. The normalized spacial score (nSPS) is 20.4. The first-order valence-electron chi connectivity index (χ1n) is 9.78. The van der Waals surface area contributed by atoms with E-state index in [2.05, 4.69) is 19.1 Å². The van der Waals surface area contributed by atoms with E-state index in [9.17, 15) is 8.78 Å². The fourth-order valence-electron chi connectivity index (χ4n) is 3.53. The molecule has 0 unspecified atom stereocenters. The summed E-state index contributed by atoms with van der Waals surface area (Å²) < 4.78 is 33.2. The number of allylic oxidation sites excluding steroid dienone is 1. The van der Waals surface area contributed by atoms with Crippen molar-refractivity contribution in [3.8, 4) is 6.07 Å². The average molecular weight is 361 g/mol. The third-order valence-electron chi connectivity index (χ3n) is 5.17. The maximum absolute atomic E-state index is 13.7. The number of ether oxygens (including phenoxy) is 1. The largest absolute Gasteiger partial charge is 0.374 e. The molecule has 0 spiro atoms. The van der Waals surface area contributed by atoms with Crippen LogP contribution in [-0.4, -0.2) is 12.7 Å². The number of halogens is 2. The molecule has 142 valence electrons. The lowest BCUT2D eigenvalue weighted by atomic mass is 9.83. The van der Waals surface area contributed by atoms with E-state index in [1.165, 1.54) is 25.0 Å². The van der Waals surface area contributed by atoms with Gasteiger partial charge in [0, 0.05) is 0 Å². The molecule has 4 heteroatoms. The minimum Gasteiger partial charge on any atom is -0.374 e. The van der Waals surface area contributed by atoms with Crippen molar-refractivity contribution in [2.75, 3.05) is 6.61 Å². The SMILES string of the molecule is CCCC/C=C/COC1CCC(CCc2cc(F)c(C#N)c(F)c2)CC1. The second kappa shape index (κ2) is 11.1. The van der Waals surface area contributed by atoms with Gasteiger partial charge in [0.1, 0.15) is 23.3 Å². The van der Waals surface area contributed by atoms with Gasteiger partial charge in [0.25, 0.3) is 0 Å². The first kappa shape index (κ1) is 20.6. The zero-order valence-corrected chi connectivity index (χ0v) is 15.6. The molecule has 0 saturated heterocycles. The number of nitriles is 1. The topological polar surface area (TPSA) is 33.0 Å². The summed E-state index contributed by atoms with van der Waals surface area (Å²) in [6.45, 7) is 2.89. The Morgan fingerprint density at radius 1 is 1.15 bits per heavy atom. The van der Waals surface area contributed by atoms with Gasteiger partial charge in [-0.2, -0.15) is 5.26 Å². The van der Waals surface area contributed by atoms with Gasteiger partial charge < -0.3 is 4.74 Å². The molecule has 0 aliphatic heterocycles. The second-order valence-electron chi connectivity index (χ2n) is 7.17. The third-order valence-corrected chi connectivity index (χ3v) is 5.17. The van der Waals surface area contributed by atoms with Crippen molar-refractivity contribution in [2.24, 2.45) is 5.92 Å². The summed E-state index contributed by atoms with van der Waals surface area (Å²) in [6, 6.07) is 4.15. The highest BCUT2D eigenvalue weighted by Crippen LogP contribution is 2.30. The quantitative estimate of drug-likeness (QED) is 0.394. The van der Waals surface area contributed by atoms with Gasteiger partial charge in [-0.25, -0.2) is 8.78 Å². The van der Waals surface area contributed by atoms with E-state index < -0.39 is 17.2 Å². The molecule has 0 atom stereocenters. The van der Waals surface area contributed by atoms with Gasteiger partial charge in [0.15, 0.2) is 0 Å². The minimum absolute atomic E-state index is 0.340. The van der Waals surface area contributed by atoms with E-state index in [0.717, 1.165) is 38.5 Å². The van der Waals surface area contributed by atoms with Crippen molar-refractivity contribution in [1.29, 1.82) is 5.26 Å². The van der Waals surface area contributed by atoms with Crippen molar-refractivity contribution in [2.45, 2.75) is 70.8 Å². The van der Waals surface area contributed by atoms with Crippen LogP contribution in [0.25, 0.3) is 0 Å². The van der Waals surface area contributed by atoms with Crippen LogP contribution in [0.5, 0.6) is 0 Å². The highest BCUT2D eigenvalue weighted by atomic mass is 19.1. The number of benzene rings is 1. The van der Waals surface area contributed by atoms with Crippen LogP contribution in [0.3, 0.4) is 0 Å². The molecule has 0 radical (unpaired) electrons. The molecule has 0 aromatic heterocycles. The van der Waals surface area contributed by atoms with Gasteiger partial charge >= 0.3 is 0 Å². The van der Waals surface area contributed by atoms with E-state index in [-0.39, 0.29) is 0 Å². The van der Waals surface area contributed by atoms with E-state index >= 15 is 0 Å². The summed E-state index contributed by atoms with van der Waals surface area (Å²) in [6.07, 6.45) is 14.1. The monoisotopic (exact) mass is 361 g/mol. The van der Waals surface area contributed by atoms with Crippen molar-refractivity contribution < 1.29 is 13.5 Å². The molecule has 2 rings (SSSR count). The third kappa shape index (κ3) is 6.53. The highest BCUT2D eigenvalue weighted by molar-refractivity contribution is 5.35. The maximum atomic E-state index is 13.7. The molecule has 1 saturated carbocycles. The summed E-state index contributed by atoms with van der Waals surface area (Å²) >= 11 is 0. The summed E-state index contributed by atoms with van der Waals surface area (Å²) in [5.74, 6) is -0.935. The van der Waals surface area contributed by atoms with Crippen molar-refractivity contribution >= 4 is 0 Å². The van der Waals surface area contributed by atoms with Crippen LogP contribution >= 0.6 is 0 Å². The lowest BCUT2D eigenvalue weighted by Gasteiger charge is -2.28. The molecular formula is C22H29F2NO. The van der Waals surface area contributed by atoms with E-state index in [4.69, 9.17) is 10.00 Å². The van der Waals surface area contributed by atoms with Crippen LogP contribution in [-0.2, 0) is 11.2 Å². The molecule has 1 aliphatic rings. The van der Waals surface area contributed by atoms with Crippen molar-refractivity contribution in [1.82, 2.24) is 0 Å². The summed E-state index contributed by atoms with van der Waals surface area (Å²) in [4.78, 5) is 0. The van der Waals surface area contributed by atoms with E-state index in [0.29, 0.717) is 30.6 Å². The fraction of sp³-hybridized carbons (Fsp3) is 0.591. The van der Waals surface area contributed by atoms with Crippen LogP contribution in [0, 0.1) is 28.9 Å². The summed E-state index contributed by atoms with van der Waals surface area (Å²) in [7, 11) is 0. The molecular weight excluding hydrogens is 332 g/mol. The van der Waals surface area contributed by atoms with Gasteiger partial charge in [-0.3, -0.25) is 0 Å². The van der Waals surface area contributed by atoms with Crippen LogP contribution in [0.15, 0.2) is 24.3 Å². The van der Waals surface area contributed by atoms with Crippen molar-refractivity contribution in [3.63, 3.8) is 0 Å². The Morgan fingerprint density at radius 2 is 1.85 bits per heavy atom. The Hall–Kier alpha value is -1.73. The average Bonchev–Trinajstić information content (AvgIpc) is 2.63. The zero-order chi connectivity index (χ0) is 18.8. The van der Waals surface area contributed by atoms with Crippen LogP contribution in [0.1, 0.15) is 69.4 Å². The van der Waals surface area contributed by atoms with Crippen LogP contribution in [0.4, 0.5) is 8.78 Å². The van der Waals surface area contributed by atoms with Gasteiger partial charge in [0.05, 0.1) is 12.7 Å². The molecule has 1 fully saturated rings. The summed E-state index contributed by atoms with van der Waals surface area (Å²) in [5.41, 5.74) is 0.143. The van der Waals surface area contributed by atoms with Crippen molar-refractivity contribution in [3.05, 3.63) is 47.0 Å². The molecule has 1 aliphatic carbocycles. The first-order valence-corrected chi connectivity index (χ1v) is 9.78. The van der Waals surface area contributed by atoms with Gasteiger partial charge in [-0.05, 0) is 68.6 Å². The van der Waals surface area contributed by atoms with Crippen LogP contribution in [0.2, 0.25) is 0 Å². The van der Waals surface area contributed by atoms with Gasteiger partial charge in [-0.15, -0.1) is 0 Å². The number of unbranched alkanes of at least 4 members (excludes halogenated alkanes) is 2. The highest BCUT2D eigenvalue weighted by Gasteiger charge is 2.21. The maximum Gasteiger partial charge on any atom is 0.144 e. The van der Waals surface area contributed by atoms with E-state index in [1.807, 2.05) is 0 Å². The van der Waals surface area contributed by atoms with Gasteiger partial charge in [-0.1, -0.05) is 31.9 Å². The Morgan fingerprint density at radius 3 is 2.46 bits per heavy atom. The number of hydrogen-bond donors (Lipinski definition) is 0. The molecule has 0 bridgehead atoms.